The summed E-state index contributed by atoms with van der Waals surface area (Å²) >= 11 is 0. The molecule has 0 amide bonds. The summed E-state index contributed by atoms with van der Waals surface area (Å²) in [6.45, 7) is 0.303. The molecule has 2 aromatic carbocycles. The van der Waals surface area contributed by atoms with Gasteiger partial charge in [0.1, 0.15) is 0 Å². The van der Waals surface area contributed by atoms with Gasteiger partial charge in [-0.05, 0) is 37.6 Å². The first-order chi connectivity index (χ1) is 10.7. The summed E-state index contributed by atoms with van der Waals surface area (Å²) in [6, 6.07) is 7.63. The van der Waals surface area contributed by atoms with Crippen molar-refractivity contribution in [1.29, 1.82) is 0 Å². The largest absolute Gasteiger partial charge is 0.432 e. The van der Waals surface area contributed by atoms with Gasteiger partial charge in [-0.25, -0.2) is 12.8 Å². The Kier molecular flexibility index (Phi) is 4.84. The zero-order valence-electron chi connectivity index (χ0n) is 12.3. The third-order valence-electron chi connectivity index (χ3n) is 3.02. The SMILES string of the molecule is Cc1ccc(S(=O)(=O)Nc2ccc(OC(F)F)c(F)c2)c(C)c1. The predicted octanol–water partition coefficient (Wildman–Crippen LogP) is 3.84. The van der Waals surface area contributed by atoms with Crippen molar-refractivity contribution in [3.8, 4) is 5.75 Å². The highest BCUT2D eigenvalue weighted by Crippen LogP contribution is 2.25. The van der Waals surface area contributed by atoms with Crippen molar-refractivity contribution in [2.45, 2.75) is 25.4 Å². The van der Waals surface area contributed by atoms with Crippen LogP contribution in [0.4, 0.5) is 18.9 Å². The number of ether oxygens (including phenoxy) is 1. The number of rotatable bonds is 5. The molecule has 0 saturated carbocycles. The van der Waals surface area contributed by atoms with Gasteiger partial charge in [-0.1, -0.05) is 17.7 Å². The van der Waals surface area contributed by atoms with E-state index in [0.717, 1.165) is 23.8 Å². The molecule has 23 heavy (non-hydrogen) atoms. The molecule has 0 fully saturated rings. The van der Waals surface area contributed by atoms with Crippen LogP contribution in [-0.2, 0) is 10.0 Å². The standard InChI is InChI=1S/C15H14F3NO3S/c1-9-3-6-14(10(2)7-9)23(20,21)19-11-4-5-13(12(16)8-11)22-15(17)18/h3-8,15,19H,1-2H3. The third-order valence-corrected chi connectivity index (χ3v) is 4.56. The van der Waals surface area contributed by atoms with Crippen LogP contribution < -0.4 is 9.46 Å². The number of aryl methyl sites for hydroxylation is 2. The molecule has 2 rings (SSSR count). The van der Waals surface area contributed by atoms with Crippen molar-refractivity contribution < 1.29 is 26.3 Å². The molecule has 0 radical (unpaired) electrons. The highest BCUT2D eigenvalue weighted by Gasteiger charge is 2.18. The lowest BCUT2D eigenvalue weighted by atomic mass is 10.2. The van der Waals surface area contributed by atoms with Gasteiger partial charge in [0.2, 0.25) is 0 Å². The number of benzene rings is 2. The zero-order valence-corrected chi connectivity index (χ0v) is 13.1. The predicted molar refractivity (Wildman–Crippen MR) is 79.8 cm³/mol. The Hall–Kier alpha value is -2.22. The van der Waals surface area contributed by atoms with Gasteiger partial charge >= 0.3 is 6.61 Å². The molecule has 0 aliphatic carbocycles. The molecule has 0 bridgehead atoms. The smallest absolute Gasteiger partial charge is 0.387 e. The number of anilines is 1. The van der Waals surface area contributed by atoms with Crippen LogP contribution in [0.15, 0.2) is 41.3 Å². The van der Waals surface area contributed by atoms with Crippen LogP contribution in [0.3, 0.4) is 0 Å². The molecular formula is C15H14F3NO3S. The maximum Gasteiger partial charge on any atom is 0.387 e. The van der Waals surface area contributed by atoms with Crippen LogP contribution in [0.1, 0.15) is 11.1 Å². The Morgan fingerprint density at radius 3 is 2.35 bits per heavy atom. The Morgan fingerprint density at radius 1 is 1.09 bits per heavy atom. The summed E-state index contributed by atoms with van der Waals surface area (Å²) in [5.74, 6) is -1.75. The summed E-state index contributed by atoms with van der Waals surface area (Å²) < 4.78 is 68.6. The molecule has 4 nitrogen and oxygen atoms in total. The summed E-state index contributed by atoms with van der Waals surface area (Å²) in [6.07, 6.45) is 0. The van der Waals surface area contributed by atoms with Crippen molar-refractivity contribution in [1.82, 2.24) is 0 Å². The fraction of sp³-hybridized carbons (Fsp3) is 0.200. The highest BCUT2D eigenvalue weighted by atomic mass is 32.2. The Bertz CT molecular complexity index is 823. The minimum atomic E-state index is -3.92. The van der Waals surface area contributed by atoms with E-state index in [4.69, 9.17) is 0 Å². The maximum absolute atomic E-state index is 13.6. The van der Waals surface area contributed by atoms with Gasteiger partial charge in [0, 0.05) is 6.07 Å². The first kappa shape index (κ1) is 17.1. The maximum atomic E-state index is 13.6. The van der Waals surface area contributed by atoms with E-state index in [-0.39, 0.29) is 10.6 Å². The number of alkyl halides is 2. The van der Waals surface area contributed by atoms with E-state index in [1.165, 1.54) is 6.07 Å². The molecular weight excluding hydrogens is 331 g/mol. The zero-order chi connectivity index (χ0) is 17.2. The quantitative estimate of drug-likeness (QED) is 0.896. The van der Waals surface area contributed by atoms with E-state index in [2.05, 4.69) is 9.46 Å². The van der Waals surface area contributed by atoms with Crippen LogP contribution in [0.25, 0.3) is 0 Å². The van der Waals surface area contributed by atoms with Crippen molar-refractivity contribution in [2.75, 3.05) is 4.72 Å². The van der Waals surface area contributed by atoms with Crippen LogP contribution in [0, 0.1) is 19.7 Å². The van der Waals surface area contributed by atoms with E-state index >= 15 is 0 Å². The summed E-state index contributed by atoms with van der Waals surface area (Å²) in [5.41, 5.74) is 1.35. The fourth-order valence-electron chi connectivity index (χ4n) is 2.07. The number of nitrogens with one attached hydrogen (secondary N) is 1. The van der Waals surface area contributed by atoms with Gasteiger partial charge in [-0.15, -0.1) is 0 Å². The van der Waals surface area contributed by atoms with Crippen molar-refractivity contribution in [3.63, 3.8) is 0 Å². The molecule has 0 heterocycles. The summed E-state index contributed by atoms with van der Waals surface area (Å²) in [4.78, 5) is 0.0522. The molecule has 8 heteroatoms. The van der Waals surface area contributed by atoms with Gasteiger partial charge in [-0.3, -0.25) is 4.72 Å². The second-order valence-corrected chi connectivity index (χ2v) is 6.55. The number of sulfonamides is 1. The third kappa shape index (κ3) is 4.16. The number of hydrogen-bond donors (Lipinski definition) is 1. The molecule has 2 aromatic rings. The second kappa shape index (κ2) is 6.49. The van der Waals surface area contributed by atoms with E-state index in [9.17, 15) is 21.6 Å². The molecule has 0 aliphatic rings. The average Bonchev–Trinajstić information content (AvgIpc) is 2.40. The fourth-order valence-corrected chi connectivity index (χ4v) is 3.34. The van der Waals surface area contributed by atoms with Gasteiger partial charge in [0.25, 0.3) is 10.0 Å². The van der Waals surface area contributed by atoms with E-state index < -0.39 is 28.2 Å². The highest BCUT2D eigenvalue weighted by molar-refractivity contribution is 7.92. The topological polar surface area (TPSA) is 55.4 Å². The van der Waals surface area contributed by atoms with Crippen LogP contribution in [-0.4, -0.2) is 15.0 Å². The molecule has 0 aromatic heterocycles. The molecule has 1 N–H and O–H groups in total. The van der Waals surface area contributed by atoms with E-state index in [1.807, 2.05) is 6.92 Å². The molecule has 0 atom stereocenters. The van der Waals surface area contributed by atoms with Crippen LogP contribution in [0.5, 0.6) is 5.75 Å². The minimum Gasteiger partial charge on any atom is -0.432 e. The minimum absolute atomic E-state index is 0.0522. The molecule has 0 aliphatic heterocycles. The molecule has 0 saturated heterocycles. The lowest BCUT2D eigenvalue weighted by Crippen LogP contribution is -2.14. The average molecular weight is 345 g/mol. The first-order valence-electron chi connectivity index (χ1n) is 6.53. The second-order valence-electron chi connectivity index (χ2n) is 4.90. The lowest BCUT2D eigenvalue weighted by molar-refractivity contribution is -0.0521. The summed E-state index contributed by atoms with van der Waals surface area (Å²) in [5, 5.41) is 0. The Balaban J connectivity index is 2.29. The van der Waals surface area contributed by atoms with Gasteiger partial charge < -0.3 is 4.74 Å². The lowest BCUT2D eigenvalue weighted by Gasteiger charge is -2.12. The molecule has 124 valence electrons. The van der Waals surface area contributed by atoms with E-state index in [1.54, 1.807) is 19.1 Å². The van der Waals surface area contributed by atoms with Gasteiger partial charge in [0.15, 0.2) is 11.6 Å². The van der Waals surface area contributed by atoms with E-state index in [0.29, 0.717) is 5.56 Å². The van der Waals surface area contributed by atoms with Gasteiger partial charge in [0.05, 0.1) is 10.6 Å². The molecule has 0 unspecified atom stereocenters. The summed E-state index contributed by atoms with van der Waals surface area (Å²) in [7, 11) is -3.92. The Morgan fingerprint density at radius 2 is 1.78 bits per heavy atom. The van der Waals surface area contributed by atoms with Crippen molar-refractivity contribution >= 4 is 15.7 Å². The van der Waals surface area contributed by atoms with Gasteiger partial charge in [-0.2, -0.15) is 8.78 Å². The first-order valence-corrected chi connectivity index (χ1v) is 8.02. The Labute approximate surface area is 132 Å². The normalized spacial score (nSPS) is 11.6. The van der Waals surface area contributed by atoms with Crippen molar-refractivity contribution in [3.05, 3.63) is 53.3 Å². The number of hydrogen-bond acceptors (Lipinski definition) is 3. The number of halogens is 3. The van der Waals surface area contributed by atoms with Crippen molar-refractivity contribution in [2.24, 2.45) is 0 Å². The molecule has 0 spiro atoms. The van der Waals surface area contributed by atoms with Crippen LogP contribution in [0.2, 0.25) is 0 Å². The van der Waals surface area contributed by atoms with Crippen LogP contribution >= 0.6 is 0 Å². The monoisotopic (exact) mass is 345 g/mol.